The Morgan fingerprint density at radius 3 is 2.54 bits per heavy atom. The quantitative estimate of drug-likeness (QED) is 0.535. The number of aliphatic hydroxyl groups excluding tert-OH is 1. The fourth-order valence-corrected chi connectivity index (χ4v) is 5.36. The molecule has 5 rings (SSSR count). The van der Waals surface area contributed by atoms with Crippen molar-refractivity contribution in [3.8, 4) is 17.6 Å². The zero-order valence-electron chi connectivity index (χ0n) is 21.0. The lowest BCUT2D eigenvalue weighted by Crippen LogP contribution is -2.68. The number of nitrogens with zero attached hydrogens (tertiary/aromatic N) is 3. The summed E-state index contributed by atoms with van der Waals surface area (Å²) in [6.45, 7) is 2.36. The average molecular weight is 497 g/mol. The number of methoxy groups -OCH3 is 1. The van der Waals surface area contributed by atoms with Crippen LogP contribution in [-0.4, -0.2) is 71.4 Å². The number of carbonyl (C=O) groups is 1. The fraction of sp³-hybridized carbons (Fsp3) is 0.333. The summed E-state index contributed by atoms with van der Waals surface area (Å²) in [5.74, 6) is 7.17. The van der Waals surface area contributed by atoms with Crippen molar-refractivity contribution in [3.63, 3.8) is 0 Å². The van der Waals surface area contributed by atoms with Crippen molar-refractivity contribution in [2.24, 2.45) is 0 Å². The summed E-state index contributed by atoms with van der Waals surface area (Å²) in [6.07, 6.45) is 3.67. The number of aromatic nitrogens is 1. The summed E-state index contributed by atoms with van der Waals surface area (Å²) in [7, 11) is 1.62. The highest BCUT2D eigenvalue weighted by Crippen LogP contribution is 2.42. The largest absolute Gasteiger partial charge is 0.497 e. The van der Waals surface area contributed by atoms with Gasteiger partial charge in [0.2, 0.25) is 0 Å². The molecule has 190 valence electrons. The second-order valence-electron chi connectivity index (χ2n) is 9.48. The molecule has 0 saturated carbocycles. The zero-order chi connectivity index (χ0) is 25.6. The molecule has 3 heterocycles. The molecule has 2 amide bonds. The van der Waals surface area contributed by atoms with Gasteiger partial charge in [0.1, 0.15) is 11.4 Å². The molecule has 3 aromatic rings. The number of hydrogen-bond donors (Lipinski definition) is 2. The topological polar surface area (TPSA) is 77.9 Å². The summed E-state index contributed by atoms with van der Waals surface area (Å²) in [4.78, 5) is 21.7. The van der Waals surface area contributed by atoms with Gasteiger partial charge in [-0.2, -0.15) is 0 Å². The Morgan fingerprint density at radius 2 is 1.84 bits per heavy atom. The number of benzene rings is 2. The first-order chi connectivity index (χ1) is 18.2. The molecule has 7 heteroatoms. The molecule has 37 heavy (non-hydrogen) atoms. The minimum Gasteiger partial charge on any atom is -0.497 e. The van der Waals surface area contributed by atoms with Crippen LogP contribution in [-0.2, 0) is 0 Å². The van der Waals surface area contributed by atoms with Gasteiger partial charge in [-0.1, -0.05) is 24.1 Å². The van der Waals surface area contributed by atoms with Gasteiger partial charge in [0.05, 0.1) is 13.7 Å². The fourth-order valence-electron chi connectivity index (χ4n) is 5.36. The number of nitrogens with one attached hydrogen (secondary N) is 1. The number of rotatable bonds is 4. The Balaban J connectivity index is 1.30. The van der Waals surface area contributed by atoms with Crippen LogP contribution in [0.2, 0.25) is 0 Å². The predicted octanol–water partition coefficient (Wildman–Crippen LogP) is 3.95. The van der Waals surface area contributed by atoms with Crippen LogP contribution in [0, 0.1) is 11.8 Å². The van der Waals surface area contributed by atoms with Crippen molar-refractivity contribution in [1.82, 2.24) is 14.8 Å². The molecule has 2 aliphatic heterocycles. The van der Waals surface area contributed by atoms with Crippen LogP contribution in [0.4, 0.5) is 10.5 Å². The van der Waals surface area contributed by atoms with Crippen molar-refractivity contribution < 1.29 is 14.6 Å². The molecular formula is C30H32N4O3. The maximum Gasteiger partial charge on any atom is 0.321 e. The average Bonchev–Trinajstić information content (AvgIpc) is 2.92. The first-order valence-electron chi connectivity index (χ1n) is 12.8. The van der Waals surface area contributed by atoms with Crippen LogP contribution in [0.5, 0.6) is 5.75 Å². The van der Waals surface area contributed by atoms with E-state index in [9.17, 15) is 9.90 Å². The molecule has 2 aromatic carbocycles. The van der Waals surface area contributed by atoms with E-state index in [0.717, 1.165) is 42.1 Å². The number of aliphatic hydroxyl groups is 1. The molecule has 1 aromatic heterocycles. The van der Waals surface area contributed by atoms with Crippen LogP contribution in [0.15, 0.2) is 72.9 Å². The van der Waals surface area contributed by atoms with Crippen molar-refractivity contribution in [2.75, 3.05) is 38.7 Å². The molecule has 2 aliphatic rings. The standard InChI is InChI=1S/C30H32N4O3/c1-37-26-15-13-25(14-16-26)32-30(36)33-18-4-5-19-34-27(20-33)29(28(34)21-35)23-10-7-22(8-11-23)9-12-24-6-2-3-17-31-24/h2-3,6-8,10-11,13-17,27-29,35H,4-5,18-21H2,1H3,(H,32,36)/t27-,28-,29-/m1/s1. The van der Waals surface area contributed by atoms with E-state index in [1.54, 1.807) is 13.3 Å². The van der Waals surface area contributed by atoms with Crippen molar-refractivity contribution in [1.29, 1.82) is 0 Å². The number of fused-ring (bicyclic) bond motifs is 1. The van der Waals surface area contributed by atoms with E-state index in [-0.39, 0.29) is 30.6 Å². The molecule has 0 bridgehead atoms. The van der Waals surface area contributed by atoms with E-state index in [2.05, 4.69) is 39.2 Å². The Labute approximate surface area is 218 Å². The van der Waals surface area contributed by atoms with E-state index < -0.39 is 0 Å². The summed E-state index contributed by atoms with van der Waals surface area (Å²) >= 11 is 0. The molecular weight excluding hydrogens is 464 g/mol. The van der Waals surface area contributed by atoms with Crippen molar-refractivity contribution >= 4 is 11.7 Å². The molecule has 7 nitrogen and oxygen atoms in total. The lowest BCUT2D eigenvalue weighted by molar-refractivity contribution is -0.0585. The number of ether oxygens (including phenoxy) is 1. The smallest absolute Gasteiger partial charge is 0.321 e. The van der Waals surface area contributed by atoms with Crippen LogP contribution in [0.25, 0.3) is 0 Å². The second-order valence-corrected chi connectivity index (χ2v) is 9.48. The van der Waals surface area contributed by atoms with Crippen molar-refractivity contribution in [3.05, 3.63) is 89.7 Å². The number of hydrogen-bond acceptors (Lipinski definition) is 5. The normalized spacial score (nSPS) is 21.4. The molecule has 3 atom stereocenters. The lowest BCUT2D eigenvalue weighted by atomic mass is 9.74. The Kier molecular flexibility index (Phi) is 7.69. The minimum absolute atomic E-state index is 0.0556. The van der Waals surface area contributed by atoms with Gasteiger partial charge in [0.15, 0.2) is 0 Å². The van der Waals surface area contributed by atoms with E-state index in [1.165, 1.54) is 5.56 Å². The predicted molar refractivity (Wildman–Crippen MR) is 144 cm³/mol. The third-order valence-electron chi connectivity index (χ3n) is 7.29. The number of urea groups is 1. The lowest BCUT2D eigenvalue weighted by Gasteiger charge is -2.57. The third-order valence-corrected chi connectivity index (χ3v) is 7.29. The SMILES string of the molecule is COc1ccc(NC(=O)N2CCCCN3[C@H](CO)[C@H](c4ccc(C#Cc5ccccn5)cc4)[C@H]3C2)cc1. The summed E-state index contributed by atoms with van der Waals surface area (Å²) in [5, 5.41) is 13.3. The number of amides is 2. The van der Waals surface area contributed by atoms with E-state index in [1.807, 2.05) is 59.5 Å². The maximum atomic E-state index is 13.2. The summed E-state index contributed by atoms with van der Waals surface area (Å²) in [5.41, 5.74) is 3.57. The molecule has 2 N–H and O–H groups in total. The van der Waals surface area contributed by atoms with E-state index >= 15 is 0 Å². The number of carbonyl (C=O) groups excluding carboxylic acids is 1. The van der Waals surface area contributed by atoms with Crippen LogP contribution < -0.4 is 10.1 Å². The van der Waals surface area contributed by atoms with E-state index in [4.69, 9.17) is 4.74 Å². The van der Waals surface area contributed by atoms with Gasteiger partial charge in [-0.3, -0.25) is 4.90 Å². The minimum atomic E-state index is -0.0987. The van der Waals surface area contributed by atoms with Gasteiger partial charge >= 0.3 is 6.03 Å². The van der Waals surface area contributed by atoms with Gasteiger partial charge in [0.25, 0.3) is 0 Å². The first-order valence-corrected chi connectivity index (χ1v) is 12.8. The van der Waals surface area contributed by atoms with Gasteiger partial charge in [0, 0.05) is 48.5 Å². The van der Waals surface area contributed by atoms with Gasteiger partial charge in [-0.25, -0.2) is 9.78 Å². The van der Waals surface area contributed by atoms with Gasteiger partial charge < -0.3 is 20.1 Å². The first kappa shape index (κ1) is 24.8. The number of anilines is 1. The monoisotopic (exact) mass is 496 g/mol. The zero-order valence-corrected chi connectivity index (χ0v) is 21.0. The van der Waals surface area contributed by atoms with Crippen LogP contribution in [0.3, 0.4) is 0 Å². The molecule has 0 radical (unpaired) electrons. The van der Waals surface area contributed by atoms with Crippen molar-refractivity contribution in [2.45, 2.75) is 30.8 Å². The summed E-state index contributed by atoms with van der Waals surface area (Å²) in [6, 6.07) is 21.4. The molecule has 2 saturated heterocycles. The Morgan fingerprint density at radius 1 is 1.05 bits per heavy atom. The molecule has 2 fully saturated rings. The molecule has 0 unspecified atom stereocenters. The van der Waals surface area contributed by atoms with Gasteiger partial charge in [-0.15, -0.1) is 0 Å². The van der Waals surface area contributed by atoms with Gasteiger partial charge in [-0.05, 0) is 79.4 Å². The maximum absolute atomic E-state index is 13.2. The Hall–Kier alpha value is -3.86. The highest BCUT2D eigenvalue weighted by molar-refractivity contribution is 5.89. The highest BCUT2D eigenvalue weighted by atomic mass is 16.5. The highest BCUT2D eigenvalue weighted by Gasteiger charge is 2.49. The van der Waals surface area contributed by atoms with Crippen LogP contribution >= 0.6 is 0 Å². The third kappa shape index (κ3) is 5.61. The van der Waals surface area contributed by atoms with Crippen LogP contribution in [0.1, 0.15) is 35.6 Å². The second kappa shape index (κ2) is 11.5. The summed E-state index contributed by atoms with van der Waals surface area (Å²) < 4.78 is 5.21. The number of pyridine rings is 1. The molecule has 0 spiro atoms. The van der Waals surface area contributed by atoms with E-state index in [0.29, 0.717) is 13.1 Å². The molecule has 0 aliphatic carbocycles. The Bertz CT molecular complexity index is 1250.